The van der Waals surface area contributed by atoms with E-state index in [0.717, 1.165) is 85.0 Å². The number of carboxylic acid groups (broad SMARTS) is 1. The summed E-state index contributed by atoms with van der Waals surface area (Å²) in [5.41, 5.74) is 14.7. The van der Waals surface area contributed by atoms with Crippen LogP contribution in [0.4, 0.5) is 0 Å². The van der Waals surface area contributed by atoms with Gasteiger partial charge in [-0.3, -0.25) is 10.2 Å². The highest BCUT2D eigenvalue weighted by molar-refractivity contribution is 5.93. The van der Waals surface area contributed by atoms with E-state index in [9.17, 15) is 15.3 Å². The van der Waals surface area contributed by atoms with E-state index in [4.69, 9.17) is 4.98 Å². The van der Waals surface area contributed by atoms with Gasteiger partial charge in [0.1, 0.15) is 5.36 Å². The minimum absolute atomic E-state index is 0.0603. The number of rotatable bonds is 5. The molecule has 4 aromatic heterocycles. The van der Waals surface area contributed by atoms with Crippen molar-refractivity contribution in [1.29, 1.82) is 5.41 Å². The van der Waals surface area contributed by atoms with Gasteiger partial charge >= 0.3 is 5.97 Å². The third-order valence-corrected chi connectivity index (χ3v) is 7.95. The Bertz CT molecular complexity index is 1830. The summed E-state index contributed by atoms with van der Waals surface area (Å²) in [6.07, 6.45) is 2.12. The number of carboxylic acids is 1. The van der Waals surface area contributed by atoms with Crippen molar-refractivity contribution in [2.24, 2.45) is 0 Å². The van der Waals surface area contributed by atoms with Gasteiger partial charge in [-0.2, -0.15) is 0 Å². The van der Waals surface area contributed by atoms with Crippen LogP contribution in [0.15, 0.2) is 24.3 Å². The number of nitrogens with one attached hydrogen (secondary N) is 4. The average Bonchev–Trinajstić information content (AvgIpc) is 3.56. The highest BCUT2D eigenvalue weighted by Gasteiger charge is 2.19. The van der Waals surface area contributed by atoms with E-state index in [1.165, 1.54) is 5.56 Å². The van der Waals surface area contributed by atoms with Crippen molar-refractivity contribution in [3.8, 4) is 0 Å². The van der Waals surface area contributed by atoms with Crippen molar-refractivity contribution in [3.63, 3.8) is 0 Å². The van der Waals surface area contributed by atoms with Crippen LogP contribution in [0.3, 0.4) is 0 Å². The van der Waals surface area contributed by atoms with Gasteiger partial charge in [-0.1, -0.05) is 13.8 Å². The van der Waals surface area contributed by atoms with Crippen molar-refractivity contribution in [2.75, 3.05) is 0 Å². The number of H-pyrrole nitrogens is 3. The molecule has 0 aromatic carbocycles. The van der Waals surface area contributed by atoms with E-state index < -0.39 is 5.97 Å². The number of hydrogen-bond donors (Lipinski definition) is 5. The van der Waals surface area contributed by atoms with Gasteiger partial charge in [-0.15, -0.1) is 0 Å². The number of aliphatic carboxylic acids is 1. The molecule has 4 aromatic rings. The SMILES string of the molecule is CCC1=C(C)c2cc3[nH]c(cc4cc(C)c(cc5[nH]c(c(C)c5CC)c(=N)c1n2)[nH]4)c(CCC(=O)O)c3C. The summed E-state index contributed by atoms with van der Waals surface area (Å²) in [6, 6.07) is 8.34. The van der Waals surface area contributed by atoms with Gasteiger partial charge in [0.25, 0.3) is 0 Å². The van der Waals surface area contributed by atoms with Crippen LogP contribution in [0.2, 0.25) is 0 Å². The van der Waals surface area contributed by atoms with Crippen LogP contribution >= 0.6 is 0 Å². The van der Waals surface area contributed by atoms with Crippen molar-refractivity contribution in [3.05, 3.63) is 68.8 Å². The molecule has 0 atom stereocenters. The number of aryl methyl sites for hydroxylation is 5. The van der Waals surface area contributed by atoms with Gasteiger partial charge in [0.15, 0.2) is 0 Å². The quantitative estimate of drug-likeness (QED) is 0.202. The fourth-order valence-corrected chi connectivity index (χ4v) is 5.75. The topological polar surface area (TPSA) is 121 Å². The lowest BCUT2D eigenvalue weighted by atomic mass is 10.0. The Morgan fingerprint density at radius 3 is 2.29 bits per heavy atom. The Labute approximate surface area is 221 Å². The Morgan fingerprint density at radius 1 is 0.868 bits per heavy atom. The molecule has 0 spiro atoms. The lowest BCUT2D eigenvalue weighted by molar-refractivity contribution is -0.136. The van der Waals surface area contributed by atoms with E-state index >= 15 is 0 Å². The maximum atomic E-state index is 11.4. The van der Waals surface area contributed by atoms with Gasteiger partial charge in [-0.25, -0.2) is 4.98 Å². The molecule has 38 heavy (non-hydrogen) atoms. The molecule has 7 nitrogen and oxygen atoms in total. The molecule has 0 saturated heterocycles. The molecule has 1 aliphatic rings. The number of nitrogens with zero attached hydrogens (tertiary/aromatic N) is 1. The number of hydrogen-bond acceptors (Lipinski definition) is 3. The third kappa shape index (κ3) is 4.22. The van der Waals surface area contributed by atoms with Crippen LogP contribution in [-0.2, 0) is 17.6 Å². The van der Waals surface area contributed by atoms with Gasteiger partial charge in [0.2, 0.25) is 0 Å². The zero-order valence-corrected chi connectivity index (χ0v) is 22.9. The molecule has 0 saturated carbocycles. The fraction of sp³-hybridized carbons (Fsp3) is 0.323. The molecule has 1 aliphatic heterocycles. The fourth-order valence-electron chi connectivity index (χ4n) is 5.75. The molecule has 8 bridgehead atoms. The second kappa shape index (κ2) is 9.63. The maximum Gasteiger partial charge on any atom is 0.303 e. The maximum absolute atomic E-state index is 11.4. The molecule has 0 radical (unpaired) electrons. The monoisotopic (exact) mass is 509 g/mol. The Balaban J connectivity index is 1.99. The number of allylic oxidation sites excluding steroid dienone is 2. The van der Waals surface area contributed by atoms with E-state index in [-0.39, 0.29) is 6.42 Å². The molecule has 5 N–H and O–H groups in total. The second-order valence-electron chi connectivity index (χ2n) is 10.3. The molecule has 7 heteroatoms. The first kappa shape index (κ1) is 25.5. The van der Waals surface area contributed by atoms with Gasteiger partial charge in [-0.05, 0) is 110 Å². The summed E-state index contributed by atoms with van der Waals surface area (Å²) in [6.45, 7) is 12.5. The molecule has 0 aliphatic carbocycles. The van der Waals surface area contributed by atoms with E-state index in [1.54, 1.807) is 0 Å². The number of aromatic nitrogens is 4. The zero-order chi connectivity index (χ0) is 27.3. The first-order chi connectivity index (χ1) is 18.1. The van der Waals surface area contributed by atoms with Crippen molar-refractivity contribution in [1.82, 2.24) is 19.9 Å². The van der Waals surface area contributed by atoms with Crippen LogP contribution in [0, 0.1) is 26.2 Å². The Morgan fingerprint density at radius 2 is 1.61 bits per heavy atom. The number of aromatic amines is 3. The van der Waals surface area contributed by atoms with Gasteiger partial charge < -0.3 is 20.1 Å². The standard InChI is InChI=1S/C31H35N5O2/c1-7-20-18(6)30-29(32)31-21(8-2)16(4)25(35-31)14-24-17(5)22(9-10-28(37)38)26(34-24)12-19-11-15(3)23(33-19)13-27(20)36-30/h11-14,32-34,36H,7-10H2,1-6H3,(H,37,38). The molecule has 196 valence electrons. The first-order valence-corrected chi connectivity index (χ1v) is 13.3. The summed E-state index contributed by atoms with van der Waals surface area (Å²) in [5.74, 6) is -0.815. The summed E-state index contributed by atoms with van der Waals surface area (Å²) in [7, 11) is 0. The summed E-state index contributed by atoms with van der Waals surface area (Å²) in [4.78, 5) is 27.0. The normalized spacial score (nSPS) is 12.6. The summed E-state index contributed by atoms with van der Waals surface area (Å²) < 4.78 is 0. The van der Waals surface area contributed by atoms with Crippen LogP contribution in [0.5, 0.6) is 0 Å². The summed E-state index contributed by atoms with van der Waals surface area (Å²) in [5, 5.41) is 19.0. The predicted molar refractivity (Wildman–Crippen MR) is 154 cm³/mol. The summed E-state index contributed by atoms with van der Waals surface area (Å²) >= 11 is 0. The molecule has 0 unspecified atom stereocenters. The zero-order valence-electron chi connectivity index (χ0n) is 22.9. The molecular formula is C31H35N5O2. The largest absolute Gasteiger partial charge is 0.481 e. The number of carbonyl (C=O) groups is 1. The average molecular weight is 510 g/mol. The number of fused-ring (bicyclic) bond motifs is 8. The molecule has 5 rings (SSSR count). The van der Waals surface area contributed by atoms with Gasteiger partial charge in [0, 0.05) is 34.0 Å². The van der Waals surface area contributed by atoms with E-state index in [2.05, 4.69) is 67.8 Å². The first-order valence-electron chi connectivity index (χ1n) is 13.3. The third-order valence-electron chi connectivity index (χ3n) is 7.95. The van der Waals surface area contributed by atoms with Crippen LogP contribution in [0.1, 0.15) is 72.8 Å². The second-order valence-corrected chi connectivity index (χ2v) is 10.3. The lowest BCUT2D eigenvalue weighted by Crippen LogP contribution is -2.08. The van der Waals surface area contributed by atoms with Crippen LogP contribution in [-0.4, -0.2) is 31.0 Å². The minimum Gasteiger partial charge on any atom is -0.481 e. The highest BCUT2D eigenvalue weighted by Crippen LogP contribution is 2.32. The molecule has 5 heterocycles. The minimum atomic E-state index is -0.815. The van der Waals surface area contributed by atoms with Crippen molar-refractivity contribution in [2.45, 2.75) is 67.2 Å². The lowest BCUT2D eigenvalue weighted by Gasteiger charge is -2.00. The highest BCUT2D eigenvalue weighted by atomic mass is 16.4. The Hall–Kier alpha value is -4.13. The van der Waals surface area contributed by atoms with E-state index in [1.807, 2.05) is 13.0 Å². The molecule has 0 amide bonds. The molecular weight excluding hydrogens is 474 g/mol. The van der Waals surface area contributed by atoms with Gasteiger partial charge in [0.05, 0.1) is 16.9 Å². The van der Waals surface area contributed by atoms with Crippen molar-refractivity contribution < 1.29 is 9.90 Å². The van der Waals surface area contributed by atoms with E-state index in [0.29, 0.717) is 17.5 Å². The molecule has 0 fully saturated rings. The van der Waals surface area contributed by atoms with Crippen LogP contribution in [0.25, 0.3) is 44.2 Å². The van der Waals surface area contributed by atoms with Crippen molar-refractivity contribution >= 4 is 50.2 Å². The van der Waals surface area contributed by atoms with Crippen LogP contribution < -0.4 is 5.36 Å². The predicted octanol–water partition coefficient (Wildman–Crippen LogP) is 6.85. The smallest absolute Gasteiger partial charge is 0.303 e. The Kier molecular flexibility index (Phi) is 6.47.